The van der Waals surface area contributed by atoms with Crippen LogP contribution in [-0.2, 0) is 0 Å². The number of hydrogen-bond acceptors (Lipinski definition) is 9. The van der Waals surface area contributed by atoms with Gasteiger partial charge < -0.3 is 20.7 Å². The summed E-state index contributed by atoms with van der Waals surface area (Å²) in [5, 5.41) is 17.6. The molecule has 10 nitrogen and oxygen atoms in total. The van der Waals surface area contributed by atoms with Crippen molar-refractivity contribution in [3.63, 3.8) is 0 Å². The van der Waals surface area contributed by atoms with Crippen LogP contribution in [0.1, 0.15) is 30.0 Å². The fourth-order valence-corrected chi connectivity index (χ4v) is 4.18. The summed E-state index contributed by atoms with van der Waals surface area (Å²) in [6, 6.07) is 16.3. The van der Waals surface area contributed by atoms with Gasteiger partial charge in [-0.3, -0.25) is 9.36 Å². The van der Waals surface area contributed by atoms with E-state index in [4.69, 9.17) is 10.3 Å². The van der Waals surface area contributed by atoms with E-state index in [0.29, 0.717) is 39.5 Å². The number of nitrogens with two attached hydrogens (primary N) is 1. The molecule has 1 atom stereocenters. The van der Waals surface area contributed by atoms with Crippen LogP contribution in [0.4, 0.5) is 11.6 Å². The maximum Gasteiger partial charge on any atom is 0.265 e. The Balaban J connectivity index is 1.69. The van der Waals surface area contributed by atoms with Crippen molar-refractivity contribution in [3.8, 4) is 29.0 Å². The largest absolute Gasteiger partial charge is 0.384 e. The molecule has 0 spiro atoms. The van der Waals surface area contributed by atoms with Crippen LogP contribution in [0.5, 0.6) is 0 Å². The summed E-state index contributed by atoms with van der Waals surface area (Å²) in [5.74, 6) is 6.74. The molecule has 37 heavy (non-hydrogen) atoms. The molecular formula is C27H23N7O3. The highest BCUT2D eigenvalue weighted by atomic mass is 16.5. The second-order valence-corrected chi connectivity index (χ2v) is 8.27. The van der Waals surface area contributed by atoms with E-state index < -0.39 is 6.04 Å². The van der Waals surface area contributed by atoms with Crippen LogP contribution in [-0.4, -0.2) is 36.4 Å². The molecule has 0 saturated heterocycles. The van der Waals surface area contributed by atoms with Crippen molar-refractivity contribution in [3.05, 3.63) is 88.4 Å². The normalized spacial score (nSPS) is 11.6. The number of pyridine rings is 1. The third kappa shape index (κ3) is 4.51. The molecule has 0 bridgehead atoms. The van der Waals surface area contributed by atoms with E-state index in [0.717, 1.165) is 5.39 Å². The SMILES string of the molecule is Cc1noc(-c2c(N)ncnc2N[C@@H](C)c2cc3cccc(C#CCO)c3c(=O)n2-c2ccccc2)n1. The maximum absolute atomic E-state index is 14.0. The predicted molar refractivity (Wildman–Crippen MR) is 140 cm³/mol. The second kappa shape index (κ2) is 9.93. The van der Waals surface area contributed by atoms with Gasteiger partial charge >= 0.3 is 0 Å². The Bertz CT molecular complexity index is 1720. The molecule has 0 saturated carbocycles. The number of aromatic nitrogens is 5. The minimum atomic E-state index is -0.415. The molecule has 3 heterocycles. The Morgan fingerprint density at radius 2 is 1.97 bits per heavy atom. The zero-order chi connectivity index (χ0) is 25.9. The minimum Gasteiger partial charge on any atom is -0.384 e. The molecule has 184 valence electrons. The average molecular weight is 494 g/mol. The number of para-hydroxylation sites is 1. The first-order chi connectivity index (χ1) is 18.0. The van der Waals surface area contributed by atoms with Crippen molar-refractivity contribution in [2.45, 2.75) is 19.9 Å². The number of nitrogen functional groups attached to an aromatic ring is 1. The molecule has 0 amide bonds. The van der Waals surface area contributed by atoms with E-state index in [2.05, 4.69) is 37.3 Å². The highest BCUT2D eigenvalue weighted by Gasteiger charge is 2.22. The number of aliphatic hydroxyl groups excluding tert-OH is 1. The summed E-state index contributed by atoms with van der Waals surface area (Å²) in [4.78, 5) is 26.7. The maximum atomic E-state index is 14.0. The summed E-state index contributed by atoms with van der Waals surface area (Å²) < 4.78 is 6.97. The third-order valence-electron chi connectivity index (χ3n) is 5.81. The van der Waals surface area contributed by atoms with E-state index in [1.54, 1.807) is 17.6 Å². The first-order valence-corrected chi connectivity index (χ1v) is 11.5. The third-order valence-corrected chi connectivity index (χ3v) is 5.81. The van der Waals surface area contributed by atoms with Crippen LogP contribution in [0.25, 0.3) is 27.9 Å². The molecule has 4 N–H and O–H groups in total. The highest BCUT2D eigenvalue weighted by Crippen LogP contribution is 2.32. The van der Waals surface area contributed by atoms with Gasteiger partial charge in [-0.15, -0.1) is 0 Å². The molecule has 0 aliphatic rings. The molecular weight excluding hydrogens is 470 g/mol. The standard InChI is InChI=1S/C27H23N7O3/c1-16(31-25-23(24(28)29-15-30-25)26-32-17(2)33-37-26)21-14-19-9-6-8-18(10-7-13-35)22(19)27(36)34(21)20-11-4-3-5-12-20/h3-6,8-9,11-12,14-16,35H,13H2,1-2H3,(H3,28,29,30,31)/t16-/m0/s1. The summed E-state index contributed by atoms with van der Waals surface area (Å²) in [6.45, 7) is 3.32. The smallest absolute Gasteiger partial charge is 0.265 e. The van der Waals surface area contributed by atoms with Crippen molar-refractivity contribution < 1.29 is 9.63 Å². The van der Waals surface area contributed by atoms with E-state index in [9.17, 15) is 9.90 Å². The first-order valence-electron chi connectivity index (χ1n) is 11.5. The van der Waals surface area contributed by atoms with Gasteiger partial charge in [-0.05, 0) is 43.5 Å². The molecule has 0 aliphatic heterocycles. The Hall–Kier alpha value is -5.01. The summed E-state index contributed by atoms with van der Waals surface area (Å²) in [5.41, 5.74) is 8.22. The van der Waals surface area contributed by atoms with E-state index >= 15 is 0 Å². The second-order valence-electron chi connectivity index (χ2n) is 8.27. The van der Waals surface area contributed by atoms with Gasteiger partial charge in [-0.2, -0.15) is 4.98 Å². The van der Waals surface area contributed by atoms with Crippen molar-refractivity contribution in [1.29, 1.82) is 0 Å². The Kier molecular flexibility index (Phi) is 6.36. The number of benzene rings is 2. The van der Waals surface area contributed by atoms with Crippen LogP contribution in [0.3, 0.4) is 0 Å². The molecule has 0 radical (unpaired) electrons. The Morgan fingerprint density at radius 3 is 2.70 bits per heavy atom. The lowest BCUT2D eigenvalue weighted by molar-refractivity contribution is 0.350. The fraction of sp³-hybridized carbons (Fsp3) is 0.148. The lowest BCUT2D eigenvalue weighted by Gasteiger charge is -2.22. The number of aliphatic hydroxyl groups is 1. The van der Waals surface area contributed by atoms with Gasteiger partial charge in [0, 0.05) is 16.9 Å². The molecule has 10 heteroatoms. The predicted octanol–water partition coefficient (Wildman–Crippen LogP) is 3.24. The zero-order valence-electron chi connectivity index (χ0n) is 20.1. The number of rotatable bonds is 5. The van der Waals surface area contributed by atoms with Gasteiger partial charge in [-0.1, -0.05) is 47.3 Å². The molecule has 0 unspecified atom stereocenters. The Labute approximate surface area is 211 Å². The van der Waals surface area contributed by atoms with Gasteiger partial charge in [0.25, 0.3) is 11.4 Å². The van der Waals surface area contributed by atoms with Crippen molar-refractivity contribution >= 4 is 22.4 Å². The van der Waals surface area contributed by atoms with E-state index in [-0.39, 0.29) is 23.9 Å². The lowest BCUT2D eigenvalue weighted by atomic mass is 10.0. The van der Waals surface area contributed by atoms with Gasteiger partial charge in [0.15, 0.2) is 5.82 Å². The van der Waals surface area contributed by atoms with E-state index in [1.807, 2.05) is 55.5 Å². The van der Waals surface area contributed by atoms with Crippen molar-refractivity contribution in [1.82, 2.24) is 24.7 Å². The molecule has 5 aromatic rings. The summed E-state index contributed by atoms with van der Waals surface area (Å²) >= 11 is 0. The number of aryl methyl sites for hydroxylation is 1. The fourth-order valence-electron chi connectivity index (χ4n) is 4.18. The summed E-state index contributed by atoms with van der Waals surface area (Å²) in [7, 11) is 0. The van der Waals surface area contributed by atoms with Gasteiger partial charge in [0.2, 0.25) is 0 Å². The van der Waals surface area contributed by atoms with Gasteiger partial charge in [0.05, 0.1) is 11.4 Å². The molecule has 0 aliphatic carbocycles. The average Bonchev–Trinajstić information content (AvgIpc) is 3.33. The molecule has 5 rings (SSSR count). The number of hydrogen-bond donors (Lipinski definition) is 3. The van der Waals surface area contributed by atoms with Crippen LogP contribution >= 0.6 is 0 Å². The minimum absolute atomic E-state index is 0.180. The number of nitrogens with zero attached hydrogens (tertiary/aromatic N) is 5. The highest BCUT2D eigenvalue weighted by molar-refractivity contribution is 5.88. The quantitative estimate of drug-likeness (QED) is 0.314. The van der Waals surface area contributed by atoms with Crippen molar-refractivity contribution in [2.24, 2.45) is 0 Å². The Morgan fingerprint density at radius 1 is 1.16 bits per heavy atom. The topological polar surface area (TPSA) is 145 Å². The zero-order valence-corrected chi connectivity index (χ0v) is 20.1. The monoisotopic (exact) mass is 493 g/mol. The molecule has 3 aromatic heterocycles. The van der Waals surface area contributed by atoms with Crippen LogP contribution in [0.15, 0.2) is 70.2 Å². The lowest BCUT2D eigenvalue weighted by Crippen LogP contribution is -2.26. The molecule has 0 fully saturated rings. The summed E-state index contributed by atoms with van der Waals surface area (Å²) in [6.07, 6.45) is 1.34. The van der Waals surface area contributed by atoms with Crippen LogP contribution in [0.2, 0.25) is 0 Å². The first kappa shape index (κ1) is 23.7. The van der Waals surface area contributed by atoms with E-state index in [1.165, 1.54) is 6.33 Å². The van der Waals surface area contributed by atoms with Gasteiger partial charge in [0.1, 0.15) is 30.1 Å². The van der Waals surface area contributed by atoms with Gasteiger partial charge in [-0.25, -0.2) is 9.97 Å². The van der Waals surface area contributed by atoms with Crippen LogP contribution < -0.4 is 16.6 Å². The number of anilines is 2. The van der Waals surface area contributed by atoms with Crippen LogP contribution in [0, 0.1) is 18.8 Å². The number of fused-ring (bicyclic) bond motifs is 1. The number of nitrogens with one attached hydrogen (secondary N) is 1. The van der Waals surface area contributed by atoms with Crippen molar-refractivity contribution in [2.75, 3.05) is 17.7 Å². The molecule has 2 aromatic carbocycles.